The lowest BCUT2D eigenvalue weighted by molar-refractivity contribution is 0.508. The highest BCUT2D eigenvalue weighted by molar-refractivity contribution is 7.92. The summed E-state index contributed by atoms with van der Waals surface area (Å²) in [7, 11) is -2.87. The minimum Gasteiger partial charge on any atom is -0.301 e. The maximum Gasteiger partial charge on any atom is 0.168 e. The molecular formula is C9H19NO2S. The molecule has 0 radical (unpaired) electrons. The summed E-state index contributed by atoms with van der Waals surface area (Å²) in [4.78, 5) is 0. The molecule has 2 atom stereocenters. The molecule has 1 fully saturated rings. The van der Waals surface area contributed by atoms with Crippen molar-refractivity contribution in [2.45, 2.75) is 44.2 Å². The van der Waals surface area contributed by atoms with Gasteiger partial charge in [0, 0.05) is 0 Å². The fraction of sp³-hybridized carbons (Fsp3) is 1.00. The van der Waals surface area contributed by atoms with Crippen LogP contribution in [0.3, 0.4) is 0 Å². The molecule has 1 heterocycles. The second-order valence-electron chi connectivity index (χ2n) is 4.27. The van der Waals surface area contributed by atoms with Gasteiger partial charge in [0.1, 0.15) is 5.37 Å². The molecule has 4 heteroatoms. The number of sulfone groups is 1. The Labute approximate surface area is 80.8 Å². The third kappa shape index (κ3) is 2.44. The van der Waals surface area contributed by atoms with Crippen LogP contribution in [0, 0.1) is 5.92 Å². The lowest BCUT2D eigenvalue weighted by Crippen LogP contribution is -2.37. The quantitative estimate of drug-likeness (QED) is 0.752. The van der Waals surface area contributed by atoms with E-state index in [2.05, 4.69) is 19.2 Å². The van der Waals surface area contributed by atoms with Crippen LogP contribution < -0.4 is 5.32 Å². The van der Waals surface area contributed by atoms with Crippen molar-refractivity contribution in [2.24, 2.45) is 5.92 Å². The fourth-order valence-corrected chi connectivity index (χ4v) is 3.40. The zero-order chi connectivity index (χ0) is 10.1. The summed E-state index contributed by atoms with van der Waals surface area (Å²) in [6, 6.07) is 0. The van der Waals surface area contributed by atoms with Crippen LogP contribution in [0.2, 0.25) is 0 Å². The Balaban J connectivity index is 2.53. The monoisotopic (exact) mass is 205 g/mol. The predicted octanol–water partition coefficient (Wildman–Crippen LogP) is 1.16. The molecule has 0 aromatic carbocycles. The molecule has 2 unspecified atom stereocenters. The van der Waals surface area contributed by atoms with Crippen molar-refractivity contribution < 1.29 is 8.42 Å². The third-order valence-corrected chi connectivity index (χ3v) is 5.10. The Morgan fingerprint density at radius 1 is 1.38 bits per heavy atom. The van der Waals surface area contributed by atoms with Crippen molar-refractivity contribution in [1.82, 2.24) is 5.32 Å². The van der Waals surface area contributed by atoms with Crippen LogP contribution in [-0.4, -0.2) is 25.6 Å². The maximum absolute atomic E-state index is 11.6. The second kappa shape index (κ2) is 3.96. The van der Waals surface area contributed by atoms with Gasteiger partial charge in [-0.1, -0.05) is 13.8 Å². The number of nitrogens with one attached hydrogen (secondary N) is 1. The van der Waals surface area contributed by atoms with Gasteiger partial charge in [-0.3, -0.25) is 0 Å². The van der Waals surface area contributed by atoms with Gasteiger partial charge in [0.15, 0.2) is 9.84 Å². The zero-order valence-corrected chi connectivity index (χ0v) is 9.39. The molecule has 0 bridgehead atoms. The summed E-state index contributed by atoms with van der Waals surface area (Å²) in [5, 5.41) is 2.67. The van der Waals surface area contributed by atoms with E-state index in [0.717, 1.165) is 19.4 Å². The van der Waals surface area contributed by atoms with Crippen LogP contribution in [0.25, 0.3) is 0 Å². The lowest BCUT2D eigenvalue weighted by Gasteiger charge is -2.14. The van der Waals surface area contributed by atoms with Crippen LogP contribution in [0.4, 0.5) is 0 Å². The van der Waals surface area contributed by atoms with Gasteiger partial charge in [-0.2, -0.15) is 0 Å². The average Bonchev–Trinajstić information content (AvgIpc) is 2.25. The van der Waals surface area contributed by atoms with E-state index in [0.29, 0.717) is 5.92 Å². The van der Waals surface area contributed by atoms with Gasteiger partial charge in [-0.25, -0.2) is 8.42 Å². The summed E-state index contributed by atoms with van der Waals surface area (Å²) < 4.78 is 23.3. The molecule has 0 amide bonds. The second-order valence-corrected chi connectivity index (χ2v) is 6.82. The highest BCUT2D eigenvalue weighted by Gasteiger charge is 2.37. The molecule has 0 aliphatic carbocycles. The van der Waals surface area contributed by atoms with Gasteiger partial charge >= 0.3 is 0 Å². The SMILES string of the molecule is CC(C)CNC1CCC(C)S1(=O)=O. The van der Waals surface area contributed by atoms with Crippen LogP contribution in [0.1, 0.15) is 33.6 Å². The molecule has 0 saturated carbocycles. The topological polar surface area (TPSA) is 46.2 Å². The Hall–Kier alpha value is -0.0900. The van der Waals surface area contributed by atoms with E-state index in [-0.39, 0.29) is 10.6 Å². The molecule has 1 aliphatic rings. The molecule has 1 aliphatic heterocycles. The molecule has 1 saturated heterocycles. The number of hydrogen-bond acceptors (Lipinski definition) is 3. The minimum absolute atomic E-state index is 0.155. The van der Waals surface area contributed by atoms with Gasteiger partial charge in [0.05, 0.1) is 5.25 Å². The average molecular weight is 205 g/mol. The van der Waals surface area contributed by atoms with Crippen molar-refractivity contribution >= 4 is 9.84 Å². The normalized spacial score (nSPS) is 32.6. The van der Waals surface area contributed by atoms with Crippen LogP contribution in [-0.2, 0) is 9.84 Å². The summed E-state index contributed by atoms with van der Waals surface area (Å²) in [5.41, 5.74) is 0. The Morgan fingerprint density at radius 2 is 2.00 bits per heavy atom. The van der Waals surface area contributed by atoms with Crippen molar-refractivity contribution in [3.8, 4) is 0 Å². The van der Waals surface area contributed by atoms with E-state index in [1.54, 1.807) is 6.92 Å². The molecular weight excluding hydrogens is 186 g/mol. The highest BCUT2D eigenvalue weighted by Crippen LogP contribution is 2.24. The van der Waals surface area contributed by atoms with Gasteiger partial charge in [0.2, 0.25) is 0 Å². The maximum atomic E-state index is 11.6. The van der Waals surface area contributed by atoms with Gasteiger partial charge in [-0.05, 0) is 32.2 Å². The van der Waals surface area contributed by atoms with Gasteiger partial charge in [-0.15, -0.1) is 0 Å². The van der Waals surface area contributed by atoms with E-state index in [9.17, 15) is 8.42 Å². The molecule has 1 N–H and O–H groups in total. The minimum atomic E-state index is -2.87. The number of hydrogen-bond donors (Lipinski definition) is 1. The predicted molar refractivity (Wildman–Crippen MR) is 54.2 cm³/mol. The Bertz CT molecular complexity index is 259. The van der Waals surface area contributed by atoms with Crippen molar-refractivity contribution in [1.29, 1.82) is 0 Å². The fourth-order valence-electron chi connectivity index (χ4n) is 1.58. The standard InChI is InChI=1S/C9H19NO2S/c1-7(2)6-10-9-5-4-8(3)13(9,11)12/h7-10H,4-6H2,1-3H3. The largest absolute Gasteiger partial charge is 0.301 e. The first-order valence-electron chi connectivity index (χ1n) is 4.90. The molecule has 3 nitrogen and oxygen atoms in total. The van der Waals surface area contributed by atoms with E-state index < -0.39 is 9.84 Å². The van der Waals surface area contributed by atoms with E-state index >= 15 is 0 Å². The van der Waals surface area contributed by atoms with Gasteiger partial charge in [0.25, 0.3) is 0 Å². The van der Waals surface area contributed by atoms with Crippen LogP contribution in [0.15, 0.2) is 0 Å². The van der Waals surface area contributed by atoms with Crippen molar-refractivity contribution in [3.05, 3.63) is 0 Å². The van der Waals surface area contributed by atoms with E-state index in [4.69, 9.17) is 0 Å². The summed E-state index contributed by atoms with van der Waals surface area (Å²) in [5.74, 6) is 0.506. The lowest BCUT2D eigenvalue weighted by atomic mass is 10.2. The molecule has 0 aromatic rings. The Kier molecular flexibility index (Phi) is 3.35. The van der Waals surface area contributed by atoms with E-state index in [1.165, 1.54) is 0 Å². The van der Waals surface area contributed by atoms with Gasteiger partial charge < -0.3 is 5.32 Å². The molecule has 78 valence electrons. The Morgan fingerprint density at radius 3 is 2.38 bits per heavy atom. The summed E-state index contributed by atoms with van der Waals surface area (Å²) in [6.07, 6.45) is 1.58. The van der Waals surface area contributed by atoms with Crippen molar-refractivity contribution in [2.75, 3.05) is 6.54 Å². The van der Waals surface area contributed by atoms with Crippen LogP contribution in [0.5, 0.6) is 0 Å². The summed E-state index contributed by atoms with van der Waals surface area (Å²) in [6.45, 7) is 6.75. The first kappa shape index (κ1) is 11.0. The molecule has 0 aromatic heterocycles. The summed E-state index contributed by atoms with van der Waals surface area (Å²) >= 11 is 0. The smallest absolute Gasteiger partial charge is 0.168 e. The third-order valence-electron chi connectivity index (χ3n) is 2.55. The first-order valence-corrected chi connectivity index (χ1v) is 6.51. The van der Waals surface area contributed by atoms with Crippen molar-refractivity contribution in [3.63, 3.8) is 0 Å². The highest BCUT2D eigenvalue weighted by atomic mass is 32.2. The number of rotatable bonds is 3. The van der Waals surface area contributed by atoms with E-state index in [1.807, 2.05) is 0 Å². The molecule has 1 rings (SSSR count). The zero-order valence-electron chi connectivity index (χ0n) is 8.58. The van der Waals surface area contributed by atoms with Crippen LogP contribution >= 0.6 is 0 Å². The first-order chi connectivity index (χ1) is 5.94. The molecule has 0 spiro atoms. The molecule has 13 heavy (non-hydrogen) atoms.